The second-order valence-electron chi connectivity index (χ2n) is 5.32. The molecule has 118 valence electrons. The first kappa shape index (κ1) is 15.2. The van der Waals surface area contributed by atoms with Crippen molar-refractivity contribution in [3.8, 4) is 17.8 Å². The summed E-state index contributed by atoms with van der Waals surface area (Å²) in [7, 11) is 1.61. The van der Waals surface area contributed by atoms with Crippen LogP contribution in [0.3, 0.4) is 0 Å². The number of hydrogen-bond acceptors (Lipinski definition) is 7. The summed E-state index contributed by atoms with van der Waals surface area (Å²) in [5, 5.41) is 8.77. The molecule has 3 heterocycles. The molecule has 1 atom stereocenters. The minimum Gasteiger partial charge on any atom is -0.481 e. The highest BCUT2D eigenvalue weighted by molar-refractivity contribution is 5.28. The van der Waals surface area contributed by atoms with Crippen molar-refractivity contribution in [2.75, 3.05) is 20.2 Å². The van der Waals surface area contributed by atoms with Gasteiger partial charge in [0, 0.05) is 43.7 Å². The van der Waals surface area contributed by atoms with E-state index in [0.717, 1.165) is 31.6 Å². The number of ether oxygens (including phenoxy) is 2. The highest BCUT2D eigenvalue weighted by Crippen LogP contribution is 2.21. The maximum atomic E-state index is 8.77. The molecule has 1 unspecified atom stereocenters. The van der Waals surface area contributed by atoms with Crippen molar-refractivity contribution in [3.05, 3.63) is 42.0 Å². The van der Waals surface area contributed by atoms with E-state index >= 15 is 0 Å². The van der Waals surface area contributed by atoms with Crippen LogP contribution < -0.4 is 9.47 Å². The predicted octanol–water partition coefficient (Wildman–Crippen LogP) is 1.41. The maximum Gasteiger partial charge on any atom is 0.220 e. The third-order valence-electron chi connectivity index (χ3n) is 3.72. The van der Waals surface area contributed by atoms with E-state index in [1.165, 1.54) is 12.5 Å². The van der Waals surface area contributed by atoms with Crippen molar-refractivity contribution in [1.82, 2.24) is 19.9 Å². The average Bonchev–Trinajstić information content (AvgIpc) is 3.03. The fourth-order valence-electron chi connectivity index (χ4n) is 2.60. The number of likely N-dealkylation sites (tertiary alicyclic amines) is 1. The molecule has 0 spiro atoms. The Morgan fingerprint density at radius 2 is 2.26 bits per heavy atom. The second-order valence-corrected chi connectivity index (χ2v) is 5.32. The molecule has 0 aromatic carbocycles. The molecule has 1 aliphatic rings. The van der Waals surface area contributed by atoms with E-state index in [4.69, 9.17) is 14.7 Å². The normalized spacial score (nSPS) is 17.7. The zero-order chi connectivity index (χ0) is 16.1. The Kier molecular flexibility index (Phi) is 4.64. The summed E-state index contributed by atoms with van der Waals surface area (Å²) in [6.07, 6.45) is 5.80. The number of rotatable bonds is 5. The van der Waals surface area contributed by atoms with Gasteiger partial charge in [0.1, 0.15) is 18.5 Å². The van der Waals surface area contributed by atoms with E-state index in [9.17, 15) is 0 Å². The number of methoxy groups -OCH3 is 1. The number of aromatic nitrogens is 3. The van der Waals surface area contributed by atoms with Crippen molar-refractivity contribution >= 4 is 0 Å². The molecule has 1 saturated heterocycles. The van der Waals surface area contributed by atoms with Crippen LogP contribution >= 0.6 is 0 Å². The molecule has 7 heteroatoms. The first-order valence-electron chi connectivity index (χ1n) is 7.36. The van der Waals surface area contributed by atoms with Crippen molar-refractivity contribution in [2.24, 2.45) is 0 Å². The van der Waals surface area contributed by atoms with E-state index < -0.39 is 0 Å². The average molecular weight is 311 g/mol. The van der Waals surface area contributed by atoms with Gasteiger partial charge >= 0.3 is 0 Å². The molecule has 7 nitrogen and oxygen atoms in total. The second kappa shape index (κ2) is 7.03. The Hall–Kier alpha value is -2.72. The van der Waals surface area contributed by atoms with Crippen LogP contribution in [0.5, 0.6) is 11.8 Å². The number of hydrogen-bond donors (Lipinski definition) is 0. The Bertz CT molecular complexity index is 698. The van der Waals surface area contributed by atoms with E-state index in [0.29, 0.717) is 17.3 Å². The van der Waals surface area contributed by atoms with Crippen LogP contribution in [-0.2, 0) is 6.54 Å². The molecule has 1 aliphatic heterocycles. The Morgan fingerprint density at radius 1 is 1.35 bits per heavy atom. The van der Waals surface area contributed by atoms with Crippen LogP contribution in [0.15, 0.2) is 30.9 Å². The highest BCUT2D eigenvalue weighted by Gasteiger charge is 2.25. The third-order valence-corrected chi connectivity index (χ3v) is 3.72. The van der Waals surface area contributed by atoms with Crippen molar-refractivity contribution in [3.63, 3.8) is 0 Å². The van der Waals surface area contributed by atoms with Gasteiger partial charge in [-0.2, -0.15) is 5.26 Å². The molecule has 0 radical (unpaired) electrons. The first-order valence-corrected chi connectivity index (χ1v) is 7.36. The number of pyridine rings is 1. The lowest BCUT2D eigenvalue weighted by Crippen LogP contribution is -2.25. The van der Waals surface area contributed by atoms with Crippen LogP contribution in [0.25, 0.3) is 0 Å². The van der Waals surface area contributed by atoms with Crippen LogP contribution in [0.4, 0.5) is 0 Å². The molecule has 0 N–H and O–H groups in total. The monoisotopic (exact) mass is 311 g/mol. The summed E-state index contributed by atoms with van der Waals surface area (Å²) in [6, 6.07) is 5.48. The first-order chi connectivity index (χ1) is 11.3. The third kappa shape index (κ3) is 3.73. The largest absolute Gasteiger partial charge is 0.481 e. The maximum absolute atomic E-state index is 8.77. The fraction of sp³-hybridized carbons (Fsp3) is 0.375. The summed E-state index contributed by atoms with van der Waals surface area (Å²) in [5.41, 5.74) is 1.49. The van der Waals surface area contributed by atoms with Gasteiger partial charge in [-0.3, -0.25) is 4.90 Å². The van der Waals surface area contributed by atoms with Crippen LogP contribution in [0.2, 0.25) is 0 Å². The van der Waals surface area contributed by atoms with E-state index in [-0.39, 0.29) is 6.10 Å². The lowest BCUT2D eigenvalue weighted by atomic mass is 10.3. The topological polar surface area (TPSA) is 84.2 Å². The van der Waals surface area contributed by atoms with Crippen LogP contribution in [0.1, 0.15) is 17.5 Å². The molecule has 3 rings (SSSR count). The highest BCUT2D eigenvalue weighted by atomic mass is 16.5. The van der Waals surface area contributed by atoms with Gasteiger partial charge < -0.3 is 9.47 Å². The molecular formula is C16H17N5O2. The van der Waals surface area contributed by atoms with Gasteiger partial charge in [-0.15, -0.1) is 0 Å². The molecular weight excluding hydrogens is 294 g/mol. The summed E-state index contributed by atoms with van der Waals surface area (Å²) >= 11 is 0. The van der Waals surface area contributed by atoms with E-state index in [2.05, 4.69) is 19.9 Å². The molecule has 1 fully saturated rings. The lowest BCUT2D eigenvalue weighted by Gasteiger charge is -2.17. The van der Waals surface area contributed by atoms with Crippen LogP contribution in [-0.4, -0.2) is 46.2 Å². The molecule has 0 saturated carbocycles. The van der Waals surface area contributed by atoms with E-state index in [1.54, 1.807) is 25.4 Å². The zero-order valence-corrected chi connectivity index (χ0v) is 12.8. The van der Waals surface area contributed by atoms with Gasteiger partial charge in [-0.05, 0) is 12.5 Å². The number of nitrogens with zero attached hydrogens (tertiary/aromatic N) is 5. The van der Waals surface area contributed by atoms with Crippen molar-refractivity contribution in [2.45, 2.75) is 19.1 Å². The summed E-state index contributed by atoms with van der Waals surface area (Å²) in [4.78, 5) is 14.6. The predicted molar refractivity (Wildman–Crippen MR) is 81.8 cm³/mol. The molecule has 0 aliphatic carbocycles. The minimum absolute atomic E-state index is 0.0889. The lowest BCUT2D eigenvalue weighted by molar-refractivity contribution is 0.190. The van der Waals surface area contributed by atoms with Crippen molar-refractivity contribution in [1.29, 1.82) is 5.26 Å². The van der Waals surface area contributed by atoms with Gasteiger partial charge in [0.2, 0.25) is 11.8 Å². The Balaban J connectivity index is 1.57. The fourth-order valence-corrected chi connectivity index (χ4v) is 2.60. The van der Waals surface area contributed by atoms with Gasteiger partial charge in [0.15, 0.2) is 0 Å². The Morgan fingerprint density at radius 3 is 3.00 bits per heavy atom. The zero-order valence-electron chi connectivity index (χ0n) is 12.8. The minimum atomic E-state index is 0.0889. The molecule has 23 heavy (non-hydrogen) atoms. The van der Waals surface area contributed by atoms with Gasteiger partial charge in [0.05, 0.1) is 12.7 Å². The standard InChI is InChI=1S/C16H17N5O2/c1-22-16-13(8-18-11-20-16)9-21-5-4-14(10-21)23-15-3-2-12(6-17)7-19-15/h2-3,7-8,11,14H,4-5,9-10H2,1H3. The summed E-state index contributed by atoms with van der Waals surface area (Å²) in [5.74, 6) is 1.16. The van der Waals surface area contributed by atoms with Gasteiger partial charge in [0.25, 0.3) is 0 Å². The summed E-state index contributed by atoms with van der Waals surface area (Å²) in [6.45, 7) is 2.46. The number of nitriles is 1. The summed E-state index contributed by atoms with van der Waals surface area (Å²) < 4.78 is 11.1. The van der Waals surface area contributed by atoms with Crippen molar-refractivity contribution < 1.29 is 9.47 Å². The van der Waals surface area contributed by atoms with Gasteiger partial charge in [-0.25, -0.2) is 15.0 Å². The SMILES string of the molecule is COc1ncncc1CN1CCC(Oc2ccc(C#N)cn2)C1. The van der Waals surface area contributed by atoms with Gasteiger partial charge in [-0.1, -0.05) is 0 Å². The smallest absolute Gasteiger partial charge is 0.220 e. The van der Waals surface area contributed by atoms with Crippen LogP contribution in [0, 0.1) is 11.3 Å². The molecule has 0 bridgehead atoms. The molecule has 0 amide bonds. The molecule has 2 aromatic rings. The Labute approximate surface area is 134 Å². The van der Waals surface area contributed by atoms with E-state index in [1.807, 2.05) is 6.07 Å². The quantitative estimate of drug-likeness (QED) is 0.825. The molecule has 2 aromatic heterocycles.